The minimum absolute atomic E-state index is 0. The Balaban J connectivity index is 0.000000175. The SMILES string of the molecule is COC(=O)[C@H]1CCCN1.COC(=O)[C@H]1CCCN1C(=O)c1ccc(N2CC[C@H](N[C@H](C)c3cccc4ccccc34)C2)cc1.C[C@@H](N[C@H]1CCN(c2ccc(C(=O)N3CCC[C@@H]3C(=O)O)cc2)C1)c1cccc2ccccc12.C[C@@H](N[C@H]1CCN(c2ccc(C(=O)O)cc2)C1)c1cccc2ccccc12.Cl.Cl.Cl. The third kappa shape index (κ3) is 20.1. The van der Waals surface area contributed by atoms with E-state index in [1.165, 1.54) is 68.1 Å². The highest BCUT2D eigenvalue weighted by Crippen LogP contribution is 2.33. The lowest BCUT2D eigenvalue weighted by Crippen LogP contribution is -2.41. The maximum atomic E-state index is 13.0. The lowest BCUT2D eigenvalue weighted by molar-refractivity contribution is -0.145. The maximum Gasteiger partial charge on any atom is 0.335 e. The van der Waals surface area contributed by atoms with Gasteiger partial charge in [-0.25, -0.2) is 14.4 Å². The third-order valence-electron chi connectivity index (χ3n) is 21.7. The first-order chi connectivity index (χ1) is 51.0. The van der Waals surface area contributed by atoms with Gasteiger partial charge in [-0.1, -0.05) is 127 Å². The molecule has 9 aromatic rings. The van der Waals surface area contributed by atoms with E-state index < -0.39 is 24.0 Å². The minimum Gasteiger partial charge on any atom is -0.480 e. The summed E-state index contributed by atoms with van der Waals surface area (Å²) in [4.78, 5) is 81.2. The summed E-state index contributed by atoms with van der Waals surface area (Å²) in [5.74, 6) is -2.56. The first-order valence-corrected chi connectivity index (χ1v) is 37.3. The largest absolute Gasteiger partial charge is 0.480 e. The molecule has 0 saturated carbocycles. The van der Waals surface area contributed by atoms with Crippen molar-refractivity contribution in [3.05, 3.63) is 234 Å². The molecule has 6 N–H and O–H groups in total. The Labute approximate surface area is 652 Å². The molecule has 6 aliphatic rings. The van der Waals surface area contributed by atoms with Gasteiger partial charge in [0, 0.05) is 117 Å². The van der Waals surface area contributed by atoms with Crippen molar-refractivity contribution in [1.82, 2.24) is 31.1 Å². The van der Waals surface area contributed by atoms with Crippen LogP contribution in [0.3, 0.4) is 0 Å². The van der Waals surface area contributed by atoms with Crippen molar-refractivity contribution in [2.45, 2.75) is 133 Å². The Bertz CT molecular complexity index is 4480. The number of likely N-dealkylation sites (tertiary alicyclic amines) is 2. The zero-order chi connectivity index (χ0) is 73.5. The Kier molecular flexibility index (Phi) is 30.0. The van der Waals surface area contributed by atoms with E-state index in [1.54, 1.807) is 17.0 Å². The van der Waals surface area contributed by atoms with E-state index in [4.69, 9.17) is 9.84 Å². The van der Waals surface area contributed by atoms with Crippen LogP contribution in [0.25, 0.3) is 32.3 Å². The van der Waals surface area contributed by atoms with Crippen molar-refractivity contribution in [2.24, 2.45) is 0 Å². The number of carbonyl (C=O) groups is 6. The van der Waals surface area contributed by atoms with Crippen LogP contribution in [-0.4, -0.2) is 165 Å². The average Bonchev–Trinajstić information content (AvgIpc) is 1.15. The van der Waals surface area contributed by atoms with Gasteiger partial charge >= 0.3 is 23.9 Å². The van der Waals surface area contributed by atoms with E-state index in [1.807, 2.05) is 60.7 Å². The summed E-state index contributed by atoms with van der Waals surface area (Å²) in [7, 11) is 2.79. The molecule has 9 atom stereocenters. The number of rotatable bonds is 18. The fraction of sp³-hybridized carbons (Fsp3) is 0.372. The molecule has 19 nitrogen and oxygen atoms in total. The van der Waals surface area contributed by atoms with Gasteiger partial charge in [0.2, 0.25) is 0 Å². The van der Waals surface area contributed by atoms with Gasteiger partial charge in [-0.2, -0.15) is 0 Å². The first kappa shape index (κ1) is 82.7. The molecule has 9 aromatic carbocycles. The Morgan fingerprint density at radius 2 is 0.741 bits per heavy atom. The van der Waals surface area contributed by atoms with Crippen molar-refractivity contribution >= 4 is 122 Å². The smallest absolute Gasteiger partial charge is 0.335 e. The molecule has 6 saturated heterocycles. The zero-order valence-corrected chi connectivity index (χ0v) is 64.5. The number of nitrogens with zero attached hydrogens (tertiary/aromatic N) is 5. The molecule has 15 rings (SSSR count). The topological polar surface area (TPSA) is 226 Å². The minimum atomic E-state index is -0.921. The third-order valence-corrected chi connectivity index (χ3v) is 21.7. The van der Waals surface area contributed by atoms with E-state index in [2.05, 4.69) is 189 Å². The molecular weight excluding hydrogens is 1430 g/mol. The van der Waals surface area contributed by atoms with E-state index >= 15 is 0 Å². The lowest BCUT2D eigenvalue weighted by Gasteiger charge is -2.24. The van der Waals surface area contributed by atoms with Gasteiger partial charge in [0.05, 0.1) is 19.8 Å². The highest BCUT2D eigenvalue weighted by atomic mass is 35.5. The number of carbonyl (C=O) groups excluding carboxylic acids is 4. The Morgan fingerprint density at radius 3 is 1.08 bits per heavy atom. The van der Waals surface area contributed by atoms with Crippen LogP contribution in [-0.2, 0) is 23.9 Å². The van der Waals surface area contributed by atoms with Crippen molar-refractivity contribution in [2.75, 3.05) is 87.8 Å². The lowest BCUT2D eigenvalue weighted by atomic mass is 9.99. The van der Waals surface area contributed by atoms with Crippen LogP contribution in [0.1, 0.15) is 144 Å². The summed E-state index contributed by atoms with van der Waals surface area (Å²) in [6.07, 6.45) is 7.97. The number of fused-ring (bicyclic) bond motifs is 3. The molecule has 572 valence electrons. The van der Waals surface area contributed by atoms with E-state index in [0.29, 0.717) is 60.7 Å². The molecule has 6 fully saturated rings. The van der Waals surface area contributed by atoms with Crippen LogP contribution in [0.2, 0.25) is 0 Å². The van der Waals surface area contributed by atoms with Gasteiger partial charge in [0.25, 0.3) is 11.8 Å². The number of aliphatic carboxylic acids is 1. The first-order valence-electron chi connectivity index (χ1n) is 37.3. The van der Waals surface area contributed by atoms with E-state index in [0.717, 1.165) is 108 Å². The van der Waals surface area contributed by atoms with Gasteiger partial charge in [-0.15, -0.1) is 37.2 Å². The van der Waals surface area contributed by atoms with Crippen molar-refractivity contribution < 1.29 is 48.5 Å². The predicted molar refractivity (Wildman–Crippen MR) is 437 cm³/mol. The summed E-state index contributed by atoms with van der Waals surface area (Å²) >= 11 is 0. The number of carboxylic acid groups (broad SMARTS) is 2. The van der Waals surface area contributed by atoms with Crippen molar-refractivity contribution in [3.63, 3.8) is 0 Å². The highest BCUT2D eigenvalue weighted by Gasteiger charge is 2.37. The number of benzene rings is 9. The summed E-state index contributed by atoms with van der Waals surface area (Å²) < 4.78 is 9.41. The molecule has 0 aromatic heterocycles. The molecule has 0 unspecified atom stereocenters. The second-order valence-electron chi connectivity index (χ2n) is 28.5. The quantitative estimate of drug-likeness (QED) is 0.0439. The molecule has 22 heteroatoms. The molecule has 0 bridgehead atoms. The van der Waals surface area contributed by atoms with Crippen LogP contribution >= 0.6 is 37.2 Å². The average molecular weight is 1530 g/mol. The number of carboxylic acids is 2. The number of esters is 2. The molecular formula is C86H102Cl3N9O10. The monoisotopic (exact) mass is 1530 g/mol. The van der Waals surface area contributed by atoms with Crippen molar-refractivity contribution in [3.8, 4) is 0 Å². The number of halogens is 3. The number of ether oxygens (including phenoxy) is 2. The fourth-order valence-corrected chi connectivity index (χ4v) is 16.1. The molecule has 6 aliphatic heterocycles. The summed E-state index contributed by atoms with van der Waals surface area (Å²) in [5, 5.41) is 40.6. The molecule has 6 heterocycles. The molecule has 0 aliphatic carbocycles. The highest BCUT2D eigenvalue weighted by molar-refractivity contribution is 5.98. The molecule has 108 heavy (non-hydrogen) atoms. The summed E-state index contributed by atoms with van der Waals surface area (Å²) in [6.45, 7) is 14.4. The predicted octanol–water partition coefficient (Wildman–Crippen LogP) is 14.6. The number of anilines is 3. The number of hydrogen-bond donors (Lipinski definition) is 6. The maximum absolute atomic E-state index is 13.0. The van der Waals surface area contributed by atoms with Crippen LogP contribution in [0, 0.1) is 0 Å². The molecule has 2 amide bonds. The van der Waals surface area contributed by atoms with E-state index in [9.17, 15) is 33.9 Å². The van der Waals surface area contributed by atoms with Gasteiger partial charge in [0.1, 0.15) is 18.1 Å². The second-order valence-corrected chi connectivity index (χ2v) is 28.5. The van der Waals surface area contributed by atoms with Crippen LogP contribution in [0.15, 0.2) is 200 Å². The van der Waals surface area contributed by atoms with Gasteiger partial charge in [-0.3, -0.25) is 14.4 Å². The second kappa shape index (κ2) is 39.2. The van der Waals surface area contributed by atoms with E-state index in [-0.39, 0.29) is 85.1 Å². The number of hydrogen-bond acceptors (Lipinski definition) is 15. The van der Waals surface area contributed by atoms with Gasteiger partial charge < -0.3 is 65.5 Å². The van der Waals surface area contributed by atoms with Gasteiger partial charge in [0.15, 0.2) is 0 Å². The zero-order valence-electron chi connectivity index (χ0n) is 62.1. The van der Waals surface area contributed by atoms with Crippen molar-refractivity contribution in [1.29, 1.82) is 0 Å². The van der Waals surface area contributed by atoms with Gasteiger partial charge in [-0.05, 0) is 207 Å². The Hall–Kier alpha value is -9.31. The number of methoxy groups -OCH3 is 2. The number of nitrogens with one attached hydrogen (secondary N) is 4. The normalized spacial score (nSPS) is 20.1. The Morgan fingerprint density at radius 1 is 0.398 bits per heavy atom. The summed E-state index contributed by atoms with van der Waals surface area (Å²) in [5.41, 5.74) is 8.78. The fourth-order valence-electron chi connectivity index (χ4n) is 16.1. The number of amides is 2. The molecule has 0 spiro atoms. The van der Waals surface area contributed by atoms with Crippen LogP contribution in [0.5, 0.6) is 0 Å². The van der Waals surface area contributed by atoms with Crippen LogP contribution in [0.4, 0.5) is 17.1 Å². The van der Waals surface area contributed by atoms with Crippen LogP contribution < -0.4 is 36.0 Å². The number of aromatic carboxylic acids is 1. The standard InChI is InChI=1S/C29H33N3O3.C28H31N3O3.C23H24N2O2.C6H11NO2.3ClH/c1-20(25-10-5-8-21-7-3-4-9-26(21)25)30-23-16-18-31(19-23)24-14-12-22(13-15-24)28(33)32-17-6-11-27(32)29(34)35-2;1-19(24-9-4-7-20-6-2-3-8-25(20)24)29-22-15-17-30(18-22)23-13-11-21(12-14-23)27(32)31-16-5-10-26(31)28(33)34;1-16(21-8-4-6-17-5-2-3-7-22(17)21)24-19-13-14-25(15-19)20-11-9-18(10-12-20)23(26)27;1-9-6(8)5-3-2-4-7-5;;;/h3-5,7-10,12-15,20,23,27,30H,6,11,16-19H2,1-2H3;2-4,6-9,11-14,19,22,26,29H,5,10,15-18H2,1H3,(H,33,34);2-12,16,19,24H,13-15H2,1H3,(H,26,27);5,7H,2-4H2,1H3;3*1H/t20-,23+,27-;19-,22+,26-;16-,19+;5-;;;/m1111.../s1. The summed E-state index contributed by atoms with van der Waals surface area (Å²) in [6, 6.07) is 68.4. The molecule has 0 radical (unpaired) electrons.